The molecule has 9 aromatic rings. The van der Waals surface area contributed by atoms with Gasteiger partial charge in [0.25, 0.3) is 0 Å². The van der Waals surface area contributed by atoms with E-state index in [1.54, 1.807) is 0 Å². The van der Waals surface area contributed by atoms with Gasteiger partial charge in [-0.1, -0.05) is 159 Å². The van der Waals surface area contributed by atoms with Gasteiger partial charge in [-0.2, -0.15) is 0 Å². The number of benzene rings is 8. The lowest BCUT2D eigenvalue weighted by molar-refractivity contribution is 0.332. The Morgan fingerprint density at radius 2 is 1.00 bits per heavy atom. The van der Waals surface area contributed by atoms with E-state index in [0.717, 1.165) is 41.9 Å². The first-order chi connectivity index (χ1) is 33.0. The van der Waals surface area contributed by atoms with Crippen molar-refractivity contribution in [1.29, 1.82) is 0 Å². The first-order valence-electron chi connectivity index (χ1n) is 25.3. The van der Waals surface area contributed by atoms with Gasteiger partial charge in [0.05, 0.1) is 11.3 Å². The third-order valence-corrected chi connectivity index (χ3v) is 16.7. The summed E-state index contributed by atoms with van der Waals surface area (Å²) in [5.74, 6) is 0. The van der Waals surface area contributed by atoms with Crippen molar-refractivity contribution < 1.29 is 4.42 Å². The molecule has 0 spiro atoms. The number of hydrogen-bond donors (Lipinski definition) is 1. The standard InChI is InChI=1S/C65H63BN2O/c1-40-32-51-53(64(6,7)30-28-62(51,2)3)38-56(40)68-57-36-46(42-20-14-11-15-21-42)34-49(59(57)66-61-60(68)50-37-52-54(39-58(50)69-61)65(8,9)31-29-63(52,4)5)48-33-44-22-16-17-23-45(44)35-55(48)67-47-26-24-43(25-27-47)41-18-12-10-13-19-41/h10-27,32-39,66-67H,28-31H2,1-9H3. The lowest BCUT2D eigenvalue weighted by atomic mass is 9.60. The Hall–Kier alpha value is -6.78. The molecule has 8 aromatic carbocycles. The van der Waals surface area contributed by atoms with Crippen molar-refractivity contribution in [3.8, 4) is 33.4 Å². The van der Waals surface area contributed by atoms with E-state index in [1.165, 1.54) is 106 Å². The SMILES string of the molecule is Cc1cc2c(cc1N1c3cc(-c4ccccc4)cc(-c4cc5ccccc5cc4Nc4ccc(-c5ccccc5)cc4)c3Bc3oc4cc5c(cc4c31)C(C)(C)CCC5(C)C)C(C)(C)CCC2(C)C. The van der Waals surface area contributed by atoms with Gasteiger partial charge in [0.1, 0.15) is 5.58 Å². The van der Waals surface area contributed by atoms with Gasteiger partial charge < -0.3 is 14.6 Å². The molecular formula is C65H63BN2O. The van der Waals surface area contributed by atoms with Crippen LogP contribution in [0.25, 0.3) is 55.1 Å². The Morgan fingerprint density at radius 1 is 0.478 bits per heavy atom. The third kappa shape index (κ3) is 7.24. The molecule has 0 unspecified atom stereocenters. The number of nitrogens with zero attached hydrogens (tertiary/aromatic N) is 1. The van der Waals surface area contributed by atoms with Crippen LogP contribution in [0.2, 0.25) is 0 Å². The summed E-state index contributed by atoms with van der Waals surface area (Å²) in [5, 5.41) is 7.57. The largest absolute Gasteiger partial charge is 0.469 e. The highest BCUT2D eigenvalue weighted by molar-refractivity contribution is 6.73. The summed E-state index contributed by atoms with van der Waals surface area (Å²) in [6.45, 7) is 21.8. The fourth-order valence-electron chi connectivity index (χ4n) is 12.2. The van der Waals surface area contributed by atoms with Crippen LogP contribution in [0, 0.1) is 6.92 Å². The van der Waals surface area contributed by atoms with Crippen LogP contribution in [0.1, 0.15) is 109 Å². The van der Waals surface area contributed by atoms with Crippen molar-refractivity contribution in [2.24, 2.45) is 0 Å². The average Bonchev–Trinajstić information content (AvgIpc) is 3.71. The van der Waals surface area contributed by atoms with Crippen molar-refractivity contribution in [2.75, 3.05) is 10.2 Å². The van der Waals surface area contributed by atoms with Crippen LogP contribution in [-0.2, 0) is 21.7 Å². The second-order valence-electron chi connectivity index (χ2n) is 23.2. The second kappa shape index (κ2) is 15.6. The zero-order valence-corrected chi connectivity index (χ0v) is 41.9. The lowest BCUT2D eigenvalue weighted by Crippen LogP contribution is -2.40. The first kappa shape index (κ1) is 43.5. The van der Waals surface area contributed by atoms with Crippen LogP contribution in [0.4, 0.5) is 28.4 Å². The molecular weight excluding hydrogens is 836 g/mol. The molecule has 4 heteroatoms. The topological polar surface area (TPSA) is 28.4 Å². The average molecular weight is 899 g/mol. The summed E-state index contributed by atoms with van der Waals surface area (Å²) in [5.41, 5.74) is 23.5. The van der Waals surface area contributed by atoms with E-state index in [9.17, 15) is 0 Å². The van der Waals surface area contributed by atoms with Crippen LogP contribution in [-0.4, -0.2) is 7.28 Å². The number of aryl methyl sites for hydroxylation is 1. The predicted octanol–water partition coefficient (Wildman–Crippen LogP) is 16.5. The van der Waals surface area contributed by atoms with Crippen LogP contribution >= 0.6 is 0 Å². The smallest absolute Gasteiger partial charge is 0.244 e. The summed E-state index contributed by atoms with van der Waals surface area (Å²) in [4.78, 5) is 2.63. The third-order valence-electron chi connectivity index (χ3n) is 16.7. The summed E-state index contributed by atoms with van der Waals surface area (Å²) < 4.78 is 7.35. The molecule has 0 saturated heterocycles. The Bertz CT molecular complexity index is 3500. The lowest BCUT2D eigenvalue weighted by Gasteiger charge is -2.43. The molecule has 0 saturated carbocycles. The fourth-order valence-corrected chi connectivity index (χ4v) is 12.2. The van der Waals surface area contributed by atoms with Crippen LogP contribution < -0.4 is 21.3 Å². The summed E-state index contributed by atoms with van der Waals surface area (Å²) in [6, 6.07) is 59.0. The molecule has 1 aromatic heterocycles. The summed E-state index contributed by atoms with van der Waals surface area (Å²) in [6.07, 6.45) is 4.64. The maximum absolute atomic E-state index is 7.35. The zero-order chi connectivity index (χ0) is 47.6. The molecule has 2 heterocycles. The van der Waals surface area contributed by atoms with Gasteiger partial charge in [-0.15, -0.1) is 0 Å². The summed E-state index contributed by atoms with van der Waals surface area (Å²) >= 11 is 0. The van der Waals surface area contributed by atoms with E-state index in [-0.39, 0.29) is 21.7 Å². The van der Waals surface area contributed by atoms with E-state index in [4.69, 9.17) is 4.42 Å². The van der Waals surface area contributed by atoms with E-state index < -0.39 is 0 Å². The van der Waals surface area contributed by atoms with Gasteiger partial charge in [-0.05, 0) is 181 Å². The highest BCUT2D eigenvalue weighted by atomic mass is 16.3. The number of anilines is 5. The van der Waals surface area contributed by atoms with Gasteiger partial charge in [-0.3, -0.25) is 0 Å². The fraction of sp³-hybridized carbons (Fsp3) is 0.262. The Labute approximate surface area is 409 Å². The second-order valence-corrected chi connectivity index (χ2v) is 23.2. The highest BCUT2D eigenvalue weighted by Crippen LogP contribution is 2.53. The Kier molecular flexibility index (Phi) is 9.85. The van der Waals surface area contributed by atoms with Gasteiger partial charge in [-0.25, -0.2) is 0 Å². The molecule has 342 valence electrons. The van der Waals surface area contributed by atoms with Crippen LogP contribution in [0.5, 0.6) is 0 Å². The van der Waals surface area contributed by atoms with E-state index in [1.807, 2.05) is 0 Å². The van der Waals surface area contributed by atoms with Crippen molar-refractivity contribution >= 4 is 68.6 Å². The van der Waals surface area contributed by atoms with Crippen molar-refractivity contribution in [2.45, 2.75) is 110 Å². The highest BCUT2D eigenvalue weighted by Gasteiger charge is 2.42. The number of rotatable bonds is 6. The van der Waals surface area contributed by atoms with Crippen molar-refractivity contribution in [3.05, 3.63) is 186 Å². The minimum Gasteiger partial charge on any atom is -0.469 e. The van der Waals surface area contributed by atoms with Crippen molar-refractivity contribution in [3.63, 3.8) is 0 Å². The molecule has 0 bridgehead atoms. The number of hydrogen-bond acceptors (Lipinski definition) is 3. The molecule has 1 N–H and O–H groups in total. The van der Waals surface area contributed by atoms with Crippen molar-refractivity contribution in [1.82, 2.24) is 0 Å². The maximum Gasteiger partial charge on any atom is 0.244 e. The number of nitrogens with one attached hydrogen (secondary N) is 1. The molecule has 0 amide bonds. The van der Waals surface area contributed by atoms with Gasteiger partial charge in [0, 0.05) is 33.7 Å². The molecule has 3 aliphatic rings. The molecule has 0 atom stereocenters. The van der Waals surface area contributed by atoms with Gasteiger partial charge in [0.15, 0.2) is 0 Å². The maximum atomic E-state index is 7.35. The molecule has 3 nitrogen and oxygen atoms in total. The molecule has 1 aliphatic heterocycles. The van der Waals surface area contributed by atoms with E-state index in [0.29, 0.717) is 7.28 Å². The minimum absolute atomic E-state index is 0.0317. The predicted molar refractivity (Wildman–Crippen MR) is 296 cm³/mol. The van der Waals surface area contributed by atoms with Crippen LogP contribution in [0.3, 0.4) is 0 Å². The normalized spacial score (nSPS) is 17.1. The monoisotopic (exact) mass is 899 g/mol. The summed E-state index contributed by atoms with van der Waals surface area (Å²) in [7, 11) is 0.665. The number of furan rings is 1. The Morgan fingerprint density at radius 3 is 1.62 bits per heavy atom. The Balaban J connectivity index is 1.14. The first-order valence-corrected chi connectivity index (χ1v) is 25.3. The number of fused-ring (bicyclic) bond motifs is 7. The van der Waals surface area contributed by atoms with E-state index in [2.05, 4.69) is 230 Å². The molecule has 2 aliphatic carbocycles. The van der Waals surface area contributed by atoms with Gasteiger partial charge in [0.2, 0.25) is 7.28 Å². The molecule has 12 rings (SSSR count). The zero-order valence-electron chi connectivity index (χ0n) is 41.9. The molecule has 69 heavy (non-hydrogen) atoms. The van der Waals surface area contributed by atoms with Gasteiger partial charge >= 0.3 is 0 Å². The van der Waals surface area contributed by atoms with E-state index >= 15 is 0 Å². The molecule has 0 fully saturated rings. The van der Waals surface area contributed by atoms with Crippen LogP contribution in [0.15, 0.2) is 162 Å². The minimum atomic E-state index is 0.0317. The quantitative estimate of drug-likeness (QED) is 0.169. The molecule has 0 radical (unpaired) electrons.